The van der Waals surface area contributed by atoms with E-state index in [-0.39, 0.29) is 6.10 Å². The van der Waals surface area contributed by atoms with Crippen LogP contribution in [-0.4, -0.2) is 0 Å². The largest absolute Gasteiger partial charge is 0.364 e. The van der Waals surface area contributed by atoms with E-state index in [2.05, 4.69) is 54.6 Å². The van der Waals surface area contributed by atoms with Gasteiger partial charge in [0.15, 0.2) is 0 Å². The van der Waals surface area contributed by atoms with Gasteiger partial charge in [-0.05, 0) is 34.9 Å². The van der Waals surface area contributed by atoms with E-state index in [0.717, 1.165) is 22.4 Å². The van der Waals surface area contributed by atoms with E-state index in [4.69, 9.17) is 27.9 Å². The van der Waals surface area contributed by atoms with Crippen molar-refractivity contribution in [3.05, 3.63) is 135 Å². The Morgan fingerprint density at radius 2 is 1.32 bits per heavy atom. The number of thioether (sulfide) groups is 1. The molecule has 4 rings (SSSR count). The molecule has 0 N–H and O–H groups in total. The molecule has 1 unspecified atom stereocenters. The molecule has 0 amide bonds. The average molecular weight is 465 g/mol. The maximum absolute atomic E-state index is 6.61. The van der Waals surface area contributed by atoms with Gasteiger partial charge in [-0.15, -0.1) is 11.8 Å². The highest BCUT2D eigenvalue weighted by Crippen LogP contribution is 2.39. The number of hydrogen-bond donors (Lipinski definition) is 0. The van der Waals surface area contributed by atoms with Crippen molar-refractivity contribution in [2.45, 2.75) is 23.4 Å². The minimum Gasteiger partial charge on any atom is -0.364 e. The summed E-state index contributed by atoms with van der Waals surface area (Å²) in [5, 5.41) is 1.22. The van der Waals surface area contributed by atoms with Gasteiger partial charge in [-0.3, -0.25) is 0 Å². The second kappa shape index (κ2) is 10.9. The molecule has 0 bridgehead atoms. The first-order chi connectivity index (χ1) is 15.2. The van der Waals surface area contributed by atoms with Gasteiger partial charge in [0.1, 0.15) is 6.10 Å². The molecule has 156 valence electrons. The van der Waals surface area contributed by atoms with Crippen molar-refractivity contribution < 1.29 is 4.74 Å². The summed E-state index contributed by atoms with van der Waals surface area (Å²) in [5.41, 5.74) is 4.42. The summed E-state index contributed by atoms with van der Waals surface area (Å²) in [7, 11) is 0. The molecule has 0 spiro atoms. The highest BCUT2D eigenvalue weighted by molar-refractivity contribution is 7.98. The van der Waals surface area contributed by atoms with Crippen molar-refractivity contribution in [1.29, 1.82) is 0 Å². The Kier molecular flexibility index (Phi) is 7.71. The fraction of sp³-hybridized carbons (Fsp3) is 0.111. The molecule has 4 aromatic carbocycles. The molecule has 0 aliphatic rings. The van der Waals surface area contributed by atoms with Gasteiger partial charge >= 0.3 is 0 Å². The van der Waals surface area contributed by atoms with Crippen LogP contribution in [0.15, 0.2) is 108 Å². The molecule has 0 saturated heterocycles. The van der Waals surface area contributed by atoms with Crippen LogP contribution < -0.4 is 0 Å². The summed E-state index contributed by atoms with van der Waals surface area (Å²) in [6, 6.07) is 34.6. The summed E-state index contributed by atoms with van der Waals surface area (Å²) < 4.78 is 6.47. The first-order valence-electron chi connectivity index (χ1n) is 10.1. The Bertz CT molecular complexity index is 1120. The number of benzene rings is 4. The maximum atomic E-state index is 6.61. The van der Waals surface area contributed by atoms with Crippen LogP contribution in [-0.2, 0) is 17.1 Å². The molecule has 31 heavy (non-hydrogen) atoms. The lowest BCUT2D eigenvalue weighted by Gasteiger charge is -2.23. The third-order valence-electron chi connectivity index (χ3n) is 4.94. The van der Waals surface area contributed by atoms with Crippen LogP contribution in [0.4, 0.5) is 0 Å². The number of hydrogen-bond acceptors (Lipinski definition) is 2. The van der Waals surface area contributed by atoms with Crippen LogP contribution in [0.1, 0.15) is 28.4 Å². The summed E-state index contributed by atoms with van der Waals surface area (Å²) in [6.07, 6.45) is -0.301. The van der Waals surface area contributed by atoms with Gasteiger partial charge in [-0.2, -0.15) is 0 Å². The molecule has 0 aliphatic heterocycles. The second-order valence-corrected chi connectivity index (χ2v) is 9.02. The Morgan fingerprint density at radius 1 is 0.677 bits per heavy atom. The highest BCUT2D eigenvalue weighted by Gasteiger charge is 2.21. The molecule has 0 heterocycles. The zero-order valence-electron chi connectivity index (χ0n) is 16.9. The molecule has 0 aliphatic carbocycles. The van der Waals surface area contributed by atoms with E-state index in [1.54, 1.807) is 17.8 Å². The summed E-state index contributed by atoms with van der Waals surface area (Å²) >= 11 is 14.6. The zero-order chi connectivity index (χ0) is 21.5. The normalized spacial score (nSPS) is 11.9. The van der Waals surface area contributed by atoms with E-state index >= 15 is 0 Å². The third-order valence-corrected chi connectivity index (χ3v) is 6.67. The molecule has 1 nitrogen and oxygen atoms in total. The van der Waals surface area contributed by atoms with Gasteiger partial charge in [0.05, 0.1) is 6.61 Å². The fourth-order valence-corrected chi connectivity index (χ4v) is 4.92. The Morgan fingerprint density at radius 3 is 2.03 bits per heavy atom. The smallest absolute Gasteiger partial charge is 0.111 e. The Hall–Kier alpha value is -2.23. The molecular weight excluding hydrogens is 443 g/mol. The molecule has 0 aromatic heterocycles. The molecule has 4 heteroatoms. The third kappa shape index (κ3) is 5.93. The van der Waals surface area contributed by atoms with E-state index in [0.29, 0.717) is 16.7 Å². The zero-order valence-corrected chi connectivity index (χ0v) is 19.2. The molecular formula is C27H22Cl2OS. The minimum absolute atomic E-state index is 0.301. The predicted molar refractivity (Wildman–Crippen MR) is 132 cm³/mol. The lowest BCUT2D eigenvalue weighted by Crippen LogP contribution is -2.09. The van der Waals surface area contributed by atoms with Gasteiger partial charge in [0, 0.05) is 26.3 Å². The van der Waals surface area contributed by atoms with E-state index in [1.807, 2.05) is 42.5 Å². The predicted octanol–water partition coefficient (Wildman–Crippen LogP) is 8.59. The standard InChI is InChI=1S/C27H22Cl2OS/c28-22-15-16-23(25(29)17-22)27(30-18-20-9-3-1-4-10-20)24-13-7-8-14-26(24)31-19-21-11-5-2-6-12-21/h1-17,27H,18-19H2. The first-order valence-corrected chi connectivity index (χ1v) is 11.8. The number of rotatable bonds is 8. The number of halogens is 2. The fourth-order valence-electron chi connectivity index (χ4n) is 3.38. The SMILES string of the molecule is Clc1ccc(C(OCc2ccccc2)c2ccccc2SCc2ccccc2)c(Cl)c1. The van der Waals surface area contributed by atoms with E-state index < -0.39 is 0 Å². The van der Waals surface area contributed by atoms with E-state index in [1.165, 1.54) is 10.5 Å². The van der Waals surface area contributed by atoms with Crippen LogP contribution in [0.2, 0.25) is 10.0 Å². The topological polar surface area (TPSA) is 9.23 Å². The molecule has 4 aromatic rings. The number of ether oxygens (including phenoxy) is 1. The van der Waals surface area contributed by atoms with E-state index in [9.17, 15) is 0 Å². The quantitative estimate of drug-likeness (QED) is 0.241. The molecule has 0 radical (unpaired) electrons. The summed E-state index contributed by atoms with van der Waals surface area (Å²) in [5.74, 6) is 0.887. The Balaban J connectivity index is 1.66. The Labute approximate surface area is 198 Å². The van der Waals surface area contributed by atoms with Crippen LogP contribution in [0.25, 0.3) is 0 Å². The maximum Gasteiger partial charge on any atom is 0.111 e. The van der Waals surface area contributed by atoms with Gasteiger partial charge in [0.2, 0.25) is 0 Å². The second-order valence-electron chi connectivity index (χ2n) is 7.15. The van der Waals surface area contributed by atoms with Crippen molar-refractivity contribution >= 4 is 35.0 Å². The van der Waals surface area contributed by atoms with Gasteiger partial charge in [0.25, 0.3) is 0 Å². The summed E-state index contributed by atoms with van der Waals surface area (Å²) in [6.45, 7) is 0.488. The van der Waals surface area contributed by atoms with Gasteiger partial charge < -0.3 is 4.74 Å². The molecule has 1 atom stereocenters. The lowest BCUT2D eigenvalue weighted by molar-refractivity contribution is 0.0652. The van der Waals surface area contributed by atoms with Crippen molar-refractivity contribution in [3.63, 3.8) is 0 Å². The van der Waals surface area contributed by atoms with Crippen molar-refractivity contribution in [2.24, 2.45) is 0 Å². The first kappa shape index (κ1) is 22.0. The van der Waals surface area contributed by atoms with Gasteiger partial charge in [-0.25, -0.2) is 0 Å². The molecule has 0 fully saturated rings. The van der Waals surface area contributed by atoms with Crippen molar-refractivity contribution in [3.8, 4) is 0 Å². The van der Waals surface area contributed by atoms with Crippen LogP contribution in [0.5, 0.6) is 0 Å². The lowest BCUT2D eigenvalue weighted by atomic mass is 10.0. The van der Waals surface area contributed by atoms with Crippen molar-refractivity contribution in [2.75, 3.05) is 0 Å². The monoisotopic (exact) mass is 464 g/mol. The molecule has 0 saturated carbocycles. The van der Waals surface area contributed by atoms with Crippen LogP contribution >= 0.6 is 35.0 Å². The van der Waals surface area contributed by atoms with Crippen LogP contribution in [0, 0.1) is 0 Å². The van der Waals surface area contributed by atoms with Gasteiger partial charge in [-0.1, -0.05) is 108 Å². The summed E-state index contributed by atoms with van der Waals surface area (Å²) in [4.78, 5) is 1.18. The highest BCUT2D eigenvalue weighted by atomic mass is 35.5. The minimum atomic E-state index is -0.301. The average Bonchev–Trinajstić information content (AvgIpc) is 2.81. The van der Waals surface area contributed by atoms with Crippen LogP contribution in [0.3, 0.4) is 0 Å². The van der Waals surface area contributed by atoms with Crippen molar-refractivity contribution in [1.82, 2.24) is 0 Å².